The second kappa shape index (κ2) is 8.28. The number of phenols is 1. The number of halogens is 3. The topological polar surface area (TPSA) is 95.9 Å². The minimum atomic E-state index is -4.69. The molecule has 1 heterocycles. The minimum Gasteiger partial charge on any atom is -0.508 e. The van der Waals surface area contributed by atoms with Crippen LogP contribution in [0, 0.1) is 0 Å². The van der Waals surface area contributed by atoms with Crippen molar-refractivity contribution < 1.29 is 37.4 Å². The Hall–Kier alpha value is -2.78. The van der Waals surface area contributed by atoms with Crippen LogP contribution in [0.5, 0.6) is 5.75 Å². The zero-order valence-electron chi connectivity index (χ0n) is 14.5. The first kappa shape index (κ1) is 20.5. The van der Waals surface area contributed by atoms with Gasteiger partial charge in [-0.05, 0) is 24.1 Å². The molecule has 2 atom stereocenters. The zero-order chi connectivity index (χ0) is 20.2. The van der Waals surface area contributed by atoms with Gasteiger partial charge in [0.1, 0.15) is 24.4 Å². The summed E-state index contributed by atoms with van der Waals surface area (Å²) in [7, 11) is 1.15. The van der Waals surface area contributed by atoms with Crippen molar-refractivity contribution in [2.75, 3.05) is 13.7 Å². The zero-order valence-corrected chi connectivity index (χ0v) is 14.5. The molecule has 0 saturated carbocycles. The van der Waals surface area contributed by atoms with Gasteiger partial charge in [-0.3, -0.25) is 14.4 Å². The number of benzene rings is 1. The number of carbonyl (C=O) groups is 3. The fourth-order valence-electron chi connectivity index (χ4n) is 2.82. The molecule has 0 spiro atoms. The number of amides is 2. The van der Waals surface area contributed by atoms with Gasteiger partial charge < -0.3 is 20.1 Å². The van der Waals surface area contributed by atoms with Gasteiger partial charge in [-0.1, -0.05) is 12.1 Å². The Bertz CT molecular complexity index is 706. The van der Waals surface area contributed by atoms with Crippen LogP contribution in [0.3, 0.4) is 0 Å². The van der Waals surface area contributed by atoms with Crippen molar-refractivity contribution in [3.8, 4) is 5.75 Å². The highest BCUT2D eigenvalue weighted by Crippen LogP contribution is 2.24. The van der Waals surface area contributed by atoms with Crippen LogP contribution >= 0.6 is 0 Å². The first-order valence-corrected chi connectivity index (χ1v) is 8.13. The molecule has 2 N–H and O–H groups in total. The van der Waals surface area contributed by atoms with Gasteiger partial charge in [0.05, 0.1) is 7.11 Å². The molecule has 148 valence electrons. The summed E-state index contributed by atoms with van der Waals surface area (Å²) >= 11 is 0. The largest absolute Gasteiger partial charge is 0.508 e. The molecule has 1 saturated heterocycles. The normalized spacial score (nSPS) is 20.4. The molecule has 1 aromatic carbocycles. The molecule has 1 aliphatic heterocycles. The van der Waals surface area contributed by atoms with Crippen LogP contribution in [-0.2, 0) is 25.5 Å². The number of hydrogen-bond donors (Lipinski definition) is 2. The lowest BCUT2D eigenvalue weighted by atomic mass is 9.97. The van der Waals surface area contributed by atoms with Crippen molar-refractivity contribution in [2.45, 2.75) is 37.5 Å². The summed E-state index contributed by atoms with van der Waals surface area (Å²) in [6.45, 7) is -1.57. The van der Waals surface area contributed by atoms with Crippen LogP contribution in [0.4, 0.5) is 13.2 Å². The van der Waals surface area contributed by atoms with Crippen LogP contribution in [0.15, 0.2) is 24.3 Å². The third kappa shape index (κ3) is 5.60. The number of phenolic OH excluding ortho intramolecular Hbond substituents is 1. The fourth-order valence-corrected chi connectivity index (χ4v) is 2.82. The molecule has 7 nitrogen and oxygen atoms in total. The van der Waals surface area contributed by atoms with E-state index in [4.69, 9.17) is 0 Å². The predicted octanol–water partition coefficient (Wildman–Crippen LogP) is 1.15. The van der Waals surface area contributed by atoms with E-state index in [-0.39, 0.29) is 25.0 Å². The molecule has 2 amide bonds. The van der Waals surface area contributed by atoms with Gasteiger partial charge in [-0.2, -0.15) is 13.2 Å². The number of piperazine rings is 1. The van der Waals surface area contributed by atoms with E-state index in [0.717, 1.165) is 7.11 Å². The third-order valence-electron chi connectivity index (χ3n) is 4.16. The van der Waals surface area contributed by atoms with Gasteiger partial charge in [-0.25, -0.2) is 0 Å². The van der Waals surface area contributed by atoms with E-state index in [2.05, 4.69) is 10.1 Å². The summed E-state index contributed by atoms with van der Waals surface area (Å²) < 4.78 is 43.3. The number of rotatable bonds is 6. The Kier molecular flexibility index (Phi) is 6.29. The summed E-state index contributed by atoms with van der Waals surface area (Å²) in [5.41, 5.74) is 0.487. The maximum absolute atomic E-state index is 13.0. The molecule has 0 unspecified atom stereocenters. The predicted molar refractivity (Wildman–Crippen MR) is 86.5 cm³/mol. The summed E-state index contributed by atoms with van der Waals surface area (Å²) in [5, 5.41) is 11.7. The summed E-state index contributed by atoms with van der Waals surface area (Å²) in [6, 6.07) is 3.02. The fraction of sp³-hybridized carbons (Fsp3) is 0.471. The molecule has 0 radical (unpaired) electrons. The number of hydrogen-bond acceptors (Lipinski definition) is 5. The number of aromatic hydroxyl groups is 1. The average molecular weight is 388 g/mol. The molecule has 10 heteroatoms. The molecular weight excluding hydrogens is 369 g/mol. The lowest BCUT2D eigenvalue weighted by molar-refractivity contribution is -0.174. The molecule has 0 bridgehead atoms. The summed E-state index contributed by atoms with van der Waals surface area (Å²) in [6.07, 6.45) is -5.20. The van der Waals surface area contributed by atoms with E-state index in [1.165, 1.54) is 24.3 Å². The van der Waals surface area contributed by atoms with Gasteiger partial charge in [0, 0.05) is 12.8 Å². The van der Waals surface area contributed by atoms with Crippen molar-refractivity contribution in [3.05, 3.63) is 29.8 Å². The van der Waals surface area contributed by atoms with Crippen molar-refractivity contribution in [3.63, 3.8) is 0 Å². The van der Waals surface area contributed by atoms with Crippen LogP contribution in [0.25, 0.3) is 0 Å². The van der Waals surface area contributed by atoms with Gasteiger partial charge >= 0.3 is 12.1 Å². The van der Waals surface area contributed by atoms with Crippen molar-refractivity contribution in [1.82, 2.24) is 10.2 Å². The van der Waals surface area contributed by atoms with E-state index >= 15 is 0 Å². The Morgan fingerprint density at radius 1 is 1.26 bits per heavy atom. The summed E-state index contributed by atoms with van der Waals surface area (Å²) in [5.74, 6) is -2.30. The van der Waals surface area contributed by atoms with Crippen LogP contribution in [0.1, 0.15) is 18.4 Å². The number of ether oxygens (including phenoxy) is 1. The molecule has 1 fully saturated rings. The van der Waals surface area contributed by atoms with E-state index in [1.54, 1.807) is 0 Å². The number of nitrogens with zero attached hydrogens (tertiary/aromatic N) is 1. The van der Waals surface area contributed by atoms with Crippen LogP contribution < -0.4 is 5.32 Å². The monoisotopic (exact) mass is 388 g/mol. The lowest BCUT2D eigenvalue weighted by Crippen LogP contribution is -2.65. The van der Waals surface area contributed by atoms with Crippen molar-refractivity contribution in [2.24, 2.45) is 0 Å². The molecule has 0 aromatic heterocycles. The minimum absolute atomic E-state index is 0.0297. The number of alkyl halides is 3. The second-order valence-electron chi connectivity index (χ2n) is 6.14. The maximum atomic E-state index is 13.0. The highest BCUT2D eigenvalue weighted by molar-refractivity contribution is 5.97. The Balaban J connectivity index is 2.21. The molecule has 0 aliphatic carbocycles. The van der Waals surface area contributed by atoms with Gasteiger partial charge in [0.2, 0.25) is 11.8 Å². The highest BCUT2D eigenvalue weighted by Gasteiger charge is 2.45. The highest BCUT2D eigenvalue weighted by atomic mass is 19.4. The first-order chi connectivity index (χ1) is 12.6. The number of methoxy groups -OCH3 is 1. The smallest absolute Gasteiger partial charge is 0.406 e. The molecule has 1 aromatic rings. The number of nitrogens with one attached hydrogen (secondary N) is 1. The standard InChI is InChI=1S/C17H19F3N2O5/c1-27-14(24)7-6-12-16(26)22(9-17(18,19)20)13(15(25)21-12)8-10-2-4-11(23)5-3-10/h2-5,12-13,23H,6-9H2,1H3,(H,21,25)/t12-,13-/m0/s1. The Labute approximate surface area is 153 Å². The SMILES string of the molecule is COC(=O)CC[C@@H]1NC(=O)[C@H](Cc2ccc(O)cc2)N(CC(F)(F)F)C1=O. The Morgan fingerprint density at radius 3 is 2.44 bits per heavy atom. The third-order valence-corrected chi connectivity index (χ3v) is 4.16. The van der Waals surface area contributed by atoms with E-state index in [0.29, 0.717) is 10.5 Å². The quantitative estimate of drug-likeness (QED) is 0.713. The average Bonchev–Trinajstić information content (AvgIpc) is 2.60. The van der Waals surface area contributed by atoms with Gasteiger partial charge in [0.15, 0.2) is 0 Å². The van der Waals surface area contributed by atoms with Crippen molar-refractivity contribution in [1.29, 1.82) is 0 Å². The lowest BCUT2D eigenvalue weighted by Gasteiger charge is -2.39. The molecule has 27 heavy (non-hydrogen) atoms. The Morgan fingerprint density at radius 2 is 1.89 bits per heavy atom. The first-order valence-electron chi connectivity index (χ1n) is 8.13. The number of carbonyl (C=O) groups excluding carboxylic acids is 3. The molecular formula is C17H19F3N2O5. The molecule has 1 aliphatic rings. The van der Waals surface area contributed by atoms with Crippen molar-refractivity contribution >= 4 is 17.8 Å². The molecule has 2 rings (SSSR count). The van der Waals surface area contributed by atoms with Crippen LogP contribution in [-0.4, -0.2) is 59.7 Å². The van der Waals surface area contributed by atoms with E-state index < -0.39 is 42.6 Å². The van der Waals surface area contributed by atoms with E-state index in [9.17, 15) is 32.7 Å². The van der Waals surface area contributed by atoms with Gasteiger partial charge in [-0.15, -0.1) is 0 Å². The van der Waals surface area contributed by atoms with Crippen LogP contribution in [0.2, 0.25) is 0 Å². The second-order valence-corrected chi connectivity index (χ2v) is 6.14. The van der Waals surface area contributed by atoms with Gasteiger partial charge in [0.25, 0.3) is 0 Å². The maximum Gasteiger partial charge on any atom is 0.406 e. The number of esters is 1. The van der Waals surface area contributed by atoms with E-state index in [1.807, 2.05) is 0 Å². The summed E-state index contributed by atoms with van der Waals surface area (Å²) in [4.78, 5) is 36.6.